The first kappa shape index (κ1) is 18.1. The first-order chi connectivity index (χ1) is 12.5. The second-order valence-corrected chi connectivity index (χ2v) is 7.33. The van der Waals surface area contributed by atoms with Crippen LogP contribution in [0.4, 0.5) is 5.69 Å². The van der Waals surface area contributed by atoms with Crippen molar-refractivity contribution < 1.29 is 4.92 Å². The van der Waals surface area contributed by atoms with E-state index in [0.29, 0.717) is 6.54 Å². The lowest BCUT2D eigenvalue weighted by atomic mass is 10.1. The van der Waals surface area contributed by atoms with Crippen LogP contribution in [-0.4, -0.2) is 19.5 Å². The Kier molecular flexibility index (Phi) is 5.37. The molecule has 2 heterocycles. The lowest BCUT2D eigenvalue weighted by Gasteiger charge is -2.12. The summed E-state index contributed by atoms with van der Waals surface area (Å²) < 4.78 is 2.13. The van der Waals surface area contributed by atoms with E-state index in [2.05, 4.69) is 23.4 Å². The van der Waals surface area contributed by atoms with Crippen molar-refractivity contribution in [3.63, 3.8) is 0 Å². The molecule has 1 aromatic carbocycles. The summed E-state index contributed by atoms with van der Waals surface area (Å²) in [5.41, 5.74) is 2.03. The number of aryl methyl sites for hydroxylation is 1. The molecule has 0 amide bonds. The van der Waals surface area contributed by atoms with Gasteiger partial charge in [0.25, 0.3) is 5.69 Å². The van der Waals surface area contributed by atoms with Crippen LogP contribution >= 0.6 is 11.8 Å². The highest BCUT2D eigenvalue weighted by Crippen LogP contribution is 2.36. The highest BCUT2D eigenvalue weighted by Gasteiger charge is 2.19. The summed E-state index contributed by atoms with van der Waals surface area (Å²) in [6.45, 7) is 6.80. The summed E-state index contributed by atoms with van der Waals surface area (Å²) in [6, 6.07) is 12.5. The summed E-state index contributed by atoms with van der Waals surface area (Å²) >= 11 is 1.51. The Morgan fingerprint density at radius 3 is 2.69 bits per heavy atom. The minimum atomic E-state index is -0.371. The maximum absolute atomic E-state index is 11.1. The molecular weight excluding hydrogens is 348 g/mol. The van der Waals surface area contributed by atoms with E-state index in [1.807, 2.05) is 31.2 Å². The molecule has 0 bridgehead atoms. The van der Waals surface area contributed by atoms with E-state index in [1.165, 1.54) is 17.8 Å². The molecule has 0 saturated heterocycles. The van der Waals surface area contributed by atoms with Gasteiger partial charge in [-0.05, 0) is 31.0 Å². The predicted molar refractivity (Wildman–Crippen MR) is 102 cm³/mol. The summed E-state index contributed by atoms with van der Waals surface area (Å²) in [6.07, 6.45) is 1.78. The number of nitrogens with zero attached hydrogens (tertiary/aromatic N) is 4. The predicted octanol–water partition coefficient (Wildman–Crippen LogP) is 4.82. The van der Waals surface area contributed by atoms with Gasteiger partial charge in [0.15, 0.2) is 0 Å². The molecule has 0 unspecified atom stereocenters. The molecule has 0 saturated carbocycles. The van der Waals surface area contributed by atoms with Crippen LogP contribution in [0.1, 0.15) is 37.0 Å². The van der Waals surface area contributed by atoms with Crippen molar-refractivity contribution >= 4 is 17.4 Å². The second kappa shape index (κ2) is 7.70. The molecule has 3 rings (SSSR count). The van der Waals surface area contributed by atoms with Gasteiger partial charge in [0.1, 0.15) is 10.9 Å². The molecule has 2 aromatic heterocycles. The van der Waals surface area contributed by atoms with Crippen molar-refractivity contribution in [3.8, 4) is 0 Å². The van der Waals surface area contributed by atoms with E-state index in [9.17, 15) is 10.1 Å². The fourth-order valence-electron chi connectivity index (χ4n) is 2.66. The van der Waals surface area contributed by atoms with E-state index in [1.54, 1.807) is 18.3 Å². The summed E-state index contributed by atoms with van der Waals surface area (Å²) in [5, 5.41) is 12.1. The number of rotatable bonds is 6. The van der Waals surface area contributed by atoms with Gasteiger partial charge in [-0.3, -0.25) is 15.1 Å². The highest BCUT2D eigenvalue weighted by molar-refractivity contribution is 7.99. The van der Waals surface area contributed by atoms with Crippen LogP contribution in [0, 0.1) is 17.0 Å². The zero-order chi connectivity index (χ0) is 18.7. The van der Waals surface area contributed by atoms with Gasteiger partial charge in [0, 0.05) is 23.2 Å². The van der Waals surface area contributed by atoms with E-state index >= 15 is 0 Å². The number of aromatic nitrogens is 3. The minimum Gasteiger partial charge on any atom is -0.317 e. The standard InChI is InChI=1S/C19H20N4O2S/c1-13(2)18-19(26-17-9-6-8-16(11-17)23(24)25)22(14(3)21-18)12-15-7-4-5-10-20-15/h4-11,13H,12H2,1-3H3. The highest BCUT2D eigenvalue weighted by atomic mass is 32.2. The number of nitro groups is 1. The number of hydrogen-bond acceptors (Lipinski definition) is 5. The maximum atomic E-state index is 11.1. The molecule has 0 aliphatic carbocycles. The van der Waals surface area contributed by atoms with Crippen LogP contribution in [0.15, 0.2) is 58.6 Å². The van der Waals surface area contributed by atoms with Crippen molar-refractivity contribution in [3.05, 3.63) is 76.0 Å². The number of pyridine rings is 1. The fourth-order valence-corrected chi connectivity index (χ4v) is 3.91. The minimum absolute atomic E-state index is 0.0913. The molecule has 0 N–H and O–H groups in total. The topological polar surface area (TPSA) is 73.8 Å². The number of nitro benzene ring substituents is 1. The lowest BCUT2D eigenvalue weighted by Crippen LogP contribution is -2.05. The molecule has 0 spiro atoms. The van der Waals surface area contributed by atoms with Gasteiger partial charge in [-0.25, -0.2) is 4.98 Å². The smallest absolute Gasteiger partial charge is 0.270 e. The Hall–Kier alpha value is -2.67. The molecule has 134 valence electrons. The summed E-state index contributed by atoms with van der Waals surface area (Å²) in [7, 11) is 0. The normalized spacial score (nSPS) is 11.1. The molecule has 7 heteroatoms. The average molecular weight is 368 g/mol. The number of imidazole rings is 1. The number of benzene rings is 1. The van der Waals surface area contributed by atoms with Crippen molar-refractivity contribution in [2.24, 2.45) is 0 Å². The second-order valence-electron chi connectivity index (χ2n) is 6.27. The zero-order valence-corrected chi connectivity index (χ0v) is 15.7. The van der Waals surface area contributed by atoms with Crippen LogP contribution in [0.25, 0.3) is 0 Å². The van der Waals surface area contributed by atoms with Gasteiger partial charge >= 0.3 is 0 Å². The average Bonchev–Trinajstić information content (AvgIpc) is 2.92. The van der Waals surface area contributed by atoms with Gasteiger partial charge in [0.2, 0.25) is 0 Å². The SMILES string of the molecule is Cc1nc(C(C)C)c(Sc2cccc([N+](=O)[O-])c2)n1Cc1ccccn1. The van der Waals surface area contributed by atoms with Gasteiger partial charge in [-0.1, -0.05) is 37.7 Å². The lowest BCUT2D eigenvalue weighted by molar-refractivity contribution is -0.385. The molecule has 3 aromatic rings. The quantitative estimate of drug-likeness (QED) is 0.461. The van der Waals surface area contributed by atoms with Gasteiger partial charge in [-0.15, -0.1) is 0 Å². The number of non-ortho nitro benzene ring substituents is 1. The summed E-state index contributed by atoms with van der Waals surface area (Å²) in [4.78, 5) is 20.7. The van der Waals surface area contributed by atoms with Crippen molar-refractivity contribution in [1.82, 2.24) is 14.5 Å². The first-order valence-electron chi connectivity index (χ1n) is 8.35. The van der Waals surface area contributed by atoms with Crippen molar-refractivity contribution in [2.45, 2.75) is 43.2 Å². The zero-order valence-electron chi connectivity index (χ0n) is 14.9. The monoisotopic (exact) mass is 368 g/mol. The molecular formula is C19H20N4O2S. The molecule has 0 atom stereocenters. The first-order valence-corrected chi connectivity index (χ1v) is 9.16. The Bertz CT molecular complexity index is 923. The molecule has 26 heavy (non-hydrogen) atoms. The Morgan fingerprint density at radius 2 is 2.04 bits per heavy atom. The fraction of sp³-hybridized carbons (Fsp3) is 0.263. The third-order valence-corrected chi connectivity index (χ3v) is 5.09. The van der Waals surface area contributed by atoms with Crippen LogP contribution < -0.4 is 0 Å². The van der Waals surface area contributed by atoms with Crippen LogP contribution in [0.2, 0.25) is 0 Å². The molecule has 0 aliphatic rings. The van der Waals surface area contributed by atoms with E-state index in [0.717, 1.165) is 27.1 Å². The van der Waals surface area contributed by atoms with Crippen LogP contribution in [0.3, 0.4) is 0 Å². The molecule has 0 fully saturated rings. The molecule has 0 aliphatic heterocycles. The Balaban J connectivity index is 2.01. The van der Waals surface area contributed by atoms with Crippen molar-refractivity contribution in [1.29, 1.82) is 0 Å². The van der Waals surface area contributed by atoms with Crippen LogP contribution in [-0.2, 0) is 6.54 Å². The molecule has 0 radical (unpaired) electrons. The largest absolute Gasteiger partial charge is 0.317 e. The number of hydrogen-bond donors (Lipinski definition) is 0. The van der Waals surface area contributed by atoms with E-state index < -0.39 is 0 Å². The van der Waals surface area contributed by atoms with Gasteiger partial charge in [0.05, 0.1) is 22.9 Å². The van der Waals surface area contributed by atoms with E-state index in [-0.39, 0.29) is 16.5 Å². The molecule has 6 nitrogen and oxygen atoms in total. The van der Waals surface area contributed by atoms with E-state index in [4.69, 9.17) is 4.98 Å². The summed E-state index contributed by atoms with van der Waals surface area (Å²) in [5.74, 6) is 1.16. The van der Waals surface area contributed by atoms with Crippen LogP contribution in [0.5, 0.6) is 0 Å². The third kappa shape index (κ3) is 3.94. The Labute approximate surface area is 156 Å². The maximum Gasteiger partial charge on any atom is 0.270 e. The Morgan fingerprint density at radius 1 is 1.23 bits per heavy atom. The van der Waals surface area contributed by atoms with Crippen molar-refractivity contribution in [2.75, 3.05) is 0 Å². The third-order valence-electron chi connectivity index (χ3n) is 3.97. The van der Waals surface area contributed by atoms with Gasteiger partial charge in [-0.2, -0.15) is 0 Å². The van der Waals surface area contributed by atoms with Gasteiger partial charge < -0.3 is 4.57 Å².